The van der Waals surface area contributed by atoms with E-state index < -0.39 is 0 Å². The van der Waals surface area contributed by atoms with Crippen LogP contribution in [0.1, 0.15) is 35.7 Å². The first-order valence-corrected chi connectivity index (χ1v) is 6.22. The maximum Gasteiger partial charge on any atom is 0.252 e. The zero-order chi connectivity index (χ0) is 13.0. The Kier molecular flexibility index (Phi) is 4.01. The second-order valence-corrected chi connectivity index (χ2v) is 4.61. The van der Waals surface area contributed by atoms with Gasteiger partial charge in [0.25, 0.3) is 5.91 Å². The highest BCUT2D eigenvalue weighted by molar-refractivity contribution is 5.97. The Hall–Kier alpha value is -1.79. The lowest BCUT2D eigenvalue weighted by molar-refractivity contribution is 0.0949. The standard InChI is InChI=1S/C15H17NO2/c1-11-10-14(11)16-15(18)13-8-3-2-6-12(13)7-4-5-9-17/h2-3,6,8,11,14,17H,5,9-10H2,1H3,(H,16,18). The summed E-state index contributed by atoms with van der Waals surface area (Å²) < 4.78 is 0. The first-order chi connectivity index (χ1) is 8.72. The molecule has 0 spiro atoms. The van der Waals surface area contributed by atoms with Crippen LogP contribution in [0.3, 0.4) is 0 Å². The zero-order valence-electron chi connectivity index (χ0n) is 10.4. The van der Waals surface area contributed by atoms with Crippen LogP contribution in [0.4, 0.5) is 0 Å². The second kappa shape index (κ2) is 5.70. The molecule has 1 aliphatic rings. The van der Waals surface area contributed by atoms with Crippen LogP contribution in [0.2, 0.25) is 0 Å². The molecular weight excluding hydrogens is 226 g/mol. The third-order valence-electron chi connectivity index (χ3n) is 3.06. The van der Waals surface area contributed by atoms with Gasteiger partial charge in [-0.2, -0.15) is 0 Å². The molecule has 1 aliphatic carbocycles. The van der Waals surface area contributed by atoms with E-state index in [1.165, 1.54) is 0 Å². The van der Waals surface area contributed by atoms with Crippen LogP contribution < -0.4 is 5.32 Å². The van der Waals surface area contributed by atoms with Gasteiger partial charge in [-0.3, -0.25) is 4.79 Å². The number of carbonyl (C=O) groups is 1. The molecule has 0 aliphatic heterocycles. The third kappa shape index (κ3) is 3.12. The Morgan fingerprint density at radius 2 is 2.22 bits per heavy atom. The first kappa shape index (κ1) is 12.7. The van der Waals surface area contributed by atoms with Crippen molar-refractivity contribution in [2.45, 2.75) is 25.8 Å². The van der Waals surface area contributed by atoms with E-state index in [-0.39, 0.29) is 12.5 Å². The number of aliphatic hydroxyl groups excluding tert-OH is 1. The summed E-state index contributed by atoms with van der Waals surface area (Å²) >= 11 is 0. The van der Waals surface area contributed by atoms with Crippen LogP contribution in [-0.2, 0) is 0 Å². The summed E-state index contributed by atoms with van der Waals surface area (Å²) in [4.78, 5) is 12.1. The van der Waals surface area contributed by atoms with E-state index in [9.17, 15) is 4.79 Å². The van der Waals surface area contributed by atoms with Crippen LogP contribution in [0.5, 0.6) is 0 Å². The van der Waals surface area contributed by atoms with Crippen molar-refractivity contribution in [3.05, 3.63) is 35.4 Å². The van der Waals surface area contributed by atoms with E-state index in [0.29, 0.717) is 23.9 Å². The van der Waals surface area contributed by atoms with E-state index in [2.05, 4.69) is 24.1 Å². The Morgan fingerprint density at radius 3 is 2.89 bits per heavy atom. The van der Waals surface area contributed by atoms with Crippen LogP contribution in [0, 0.1) is 17.8 Å². The van der Waals surface area contributed by atoms with Crippen molar-refractivity contribution in [1.29, 1.82) is 0 Å². The highest BCUT2D eigenvalue weighted by atomic mass is 16.2. The summed E-state index contributed by atoms with van der Waals surface area (Å²) in [6.45, 7) is 2.17. The van der Waals surface area contributed by atoms with Crippen LogP contribution >= 0.6 is 0 Å². The maximum absolute atomic E-state index is 12.1. The molecule has 3 nitrogen and oxygen atoms in total. The fourth-order valence-corrected chi connectivity index (χ4v) is 1.77. The van der Waals surface area contributed by atoms with Gasteiger partial charge in [0.05, 0.1) is 12.2 Å². The first-order valence-electron chi connectivity index (χ1n) is 6.22. The minimum atomic E-state index is -0.0572. The lowest BCUT2D eigenvalue weighted by Crippen LogP contribution is -2.27. The predicted molar refractivity (Wildman–Crippen MR) is 70.1 cm³/mol. The Morgan fingerprint density at radius 1 is 1.50 bits per heavy atom. The molecule has 0 heterocycles. The van der Waals surface area contributed by atoms with E-state index in [4.69, 9.17) is 5.11 Å². The molecule has 0 aromatic heterocycles. The average molecular weight is 243 g/mol. The third-order valence-corrected chi connectivity index (χ3v) is 3.06. The molecule has 94 valence electrons. The van der Waals surface area contributed by atoms with Crippen molar-refractivity contribution in [2.24, 2.45) is 5.92 Å². The number of carbonyl (C=O) groups excluding carboxylic acids is 1. The van der Waals surface area contributed by atoms with Crippen LogP contribution in [-0.4, -0.2) is 23.7 Å². The number of amides is 1. The molecule has 0 radical (unpaired) electrons. The molecule has 1 saturated carbocycles. The summed E-state index contributed by atoms with van der Waals surface area (Å²) in [6.07, 6.45) is 1.49. The molecule has 2 N–H and O–H groups in total. The monoisotopic (exact) mass is 243 g/mol. The van der Waals surface area contributed by atoms with Gasteiger partial charge in [0.2, 0.25) is 0 Å². The summed E-state index contributed by atoms with van der Waals surface area (Å²) in [6, 6.07) is 7.62. The van der Waals surface area contributed by atoms with Crippen molar-refractivity contribution >= 4 is 5.91 Å². The molecule has 2 rings (SSSR count). The Bertz CT molecular complexity index is 499. The van der Waals surface area contributed by atoms with Gasteiger partial charge >= 0.3 is 0 Å². The number of hydrogen-bond acceptors (Lipinski definition) is 2. The molecule has 1 aromatic rings. The largest absolute Gasteiger partial charge is 0.395 e. The average Bonchev–Trinajstić information content (AvgIpc) is 3.05. The number of nitrogens with one attached hydrogen (secondary N) is 1. The molecule has 1 amide bonds. The quantitative estimate of drug-likeness (QED) is 0.791. The Balaban J connectivity index is 2.11. The normalized spacial score (nSPS) is 20.8. The highest BCUT2D eigenvalue weighted by Crippen LogP contribution is 2.29. The van der Waals surface area contributed by atoms with Gasteiger partial charge in [0.1, 0.15) is 0 Å². The molecule has 0 bridgehead atoms. The molecular formula is C15H17NO2. The van der Waals surface area contributed by atoms with Crippen molar-refractivity contribution in [3.63, 3.8) is 0 Å². The topological polar surface area (TPSA) is 49.3 Å². The Labute approximate surface area is 107 Å². The molecule has 18 heavy (non-hydrogen) atoms. The number of aliphatic hydroxyl groups is 1. The fraction of sp³-hybridized carbons (Fsp3) is 0.400. The van der Waals surface area contributed by atoms with Crippen molar-refractivity contribution < 1.29 is 9.90 Å². The lowest BCUT2D eigenvalue weighted by Gasteiger charge is -2.05. The SMILES string of the molecule is CC1CC1NC(=O)c1ccccc1C#CCCO. The van der Waals surface area contributed by atoms with Crippen LogP contribution in [0.25, 0.3) is 0 Å². The van der Waals surface area contributed by atoms with Crippen molar-refractivity contribution in [3.8, 4) is 11.8 Å². The van der Waals surface area contributed by atoms with Crippen LogP contribution in [0.15, 0.2) is 24.3 Å². The molecule has 2 atom stereocenters. The smallest absolute Gasteiger partial charge is 0.252 e. The number of benzene rings is 1. The van der Waals surface area contributed by atoms with E-state index >= 15 is 0 Å². The van der Waals surface area contributed by atoms with Crippen molar-refractivity contribution in [2.75, 3.05) is 6.61 Å². The molecule has 1 aromatic carbocycles. The zero-order valence-corrected chi connectivity index (χ0v) is 10.4. The van der Waals surface area contributed by atoms with Crippen molar-refractivity contribution in [1.82, 2.24) is 5.32 Å². The van der Waals surface area contributed by atoms with Gasteiger partial charge in [-0.05, 0) is 24.5 Å². The maximum atomic E-state index is 12.1. The summed E-state index contributed by atoms with van der Waals surface area (Å²) in [5.41, 5.74) is 1.33. The fourth-order valence-electron chi connectivity index (χ4n) is 1.77. The summed E-state index contributed by atoms with van der Waals surface area (Å²) in [7, 11) is 0. The van der Waals surface area contributed by atoms with Gasteiger partial charge in [-0.1, -0.05) is 30.9 Å². The molecule has 3 heteroatoms. The number of hydrogen-bond donors (Lipinski definition) is 2. The minimum absolute atomic E-state index is 0.0426. The highest BCUT2D eigenvalue weighted by Gasteiger charge is 2.34. The molecule has 2 unspecified atom stereocenters. The second-order valence-electron chi connectivity index (χ2n) is 4.61. The molecule has 1 fully saturated rings. The van der Waals surface area contributed by atoms with Gasteiger partial charge in [0, 0.05) is 18.0 Å². The predicted octanol–water partition coefficient (Wildman–Crippen LogP) is 1.56. The summed E-state index contributed by atoms with van der Waals surface area (Å²) in [5.74, 6) is 6.30. The van der Waals surface area contributed by atoms with Gasteiger partial charge < -0.3 is 10.4 Å². The lowest BCUT2D eigenvalue weighted by atomic mass is 10.1. The van der Waals surface area contributed by atoms with Gasteiger partial charge in [0.15, 0.2) is 0 Å². The molecule has 0 saturated heterocycles. The van der Waals surface area contributed by atoms with E-state index in [0.717, 1.165) is 12.0 Å². The summed E-state index contributed by atoms with van der Waals surface area (Å²) in [5, 5.41) is 11.7. The minimum Gasteiger partial charge on any atom is -0.395 e. The van der Waals surface area contributed by atoms with E-state index in [1.807, 2.05) is 18.2 Å². The number of rotatable bonds is 3. The van der Waals surface area contributed by atoms with Gasteiger partial charge in [-0.15, -0.1) is 0 Å². The van der Waals surface area contributed by atoms with Gasteiger partial charge in [-0.25, -0.2) is 0 Å². The van der Waals surface area contributed by atoms with E-state index in [1.54, 1.807) is 6.07 Å².